The molecule has 0 aliphatic carbocycles. The third kappa shape index (κ3) is 12.1. The molecule has 0 radical (unpaired) electrons. The Morgan fingerprint density at radius 1 is 1.22 bits per heavy atom. The fourth-order valence-corrected chi connectivity index (χ4v) is 3.85. The van der Waals surface area contributed by atoms with Gasteiger partial charge in [-0.1, -0.05) is 59.2 Å². The minimum atomic E-state index is 0. The molecular formula is C21H40KN3OS. The minimum Gasteiger partial charge on any atom is -0.693 e. The van der Waals surface area contributed by atoms with E-state index in [9.17, 15) is 4.79 Å². The van der Waals surface area contributed by atoms with Gasteiger partial charge in [-0.3, -0.25) is 10.2 Å². The van der Waals surface area contributed by atoms with Gasteiger partial charge in [-0.15, -0.1) is 7.05 Å². The number of carbonyl (C=O) groups excluding carboxylic acids is 1. The molecule has 0 aromatic heterocycles. The molecule has 0 saturated carbocycles. The second-order valence-corrected chi connectivity index (χ2v) is 8.47. The summed E-state index contributed by atoms with van der Waals surface area (Å²) in [6, 6.07) is 0.177. The van der Waals surface area contributed by atoms with Crippen LogP contribution in [0.15, 0.2) is 11.6 Å². The average Bonchev–Trinajstić information content (AvgIpc) is 2.61. The minimum absolute atomic E-state index is 0. The maximum atomic E-state index is 12.6. The molecule has 6 heteroatoms. The van der Waals surface area contributed by atoms with E-state index >= 15 is 0 Å². The van der Waals surface area contributed by atoms with Gasteiger partial charge >= 0.3 is 51.4 Å². The Morgan fingerprint density at radius 3 is 2.33 bits per heavy atom. The topological polar surface area (TPSA) is 58.3 Å². The van der Waals surface area contributed by atoms with Crippen LogP contribution in [0, 0.1) is 23.2 Å². The van der Waals surface area contributed by atoms with E-state index in [1.807, 2.05) is 17.4 Å². The van der Waals surface area contributed by atoms with Gasteiger partial charge in [0.1, 0.15) is 0 Å². The summed E-state index contributed by atoms with van der Waals surface area (Å²) in [6.07, 6.45) is 7.24. The van der Waals surface area contributed by atoms with Gasteiger partial charge in [0.25, 0.3) is 0 Å². The first kappa shape index (κ1) is 29.9. The zero-order valence-electron chi connectivity index (χ0n) is 18.9. The van der Waals surface area contributed by atoms with Crippen molar-refractivity contribution in [3.05, 3.63) is 16.9 Å². The van der Waals surface area contributed by atoms with Crippen molar-refractivity contribution in [2.24, 2.45) is 17.8 Å². The predicted molar refractivity (Wildman–Crippen MR) is 117 cm³/mol. The fourth-order valence-electron chi connectivity index (χ4n) is 3.12. The quantitative estimate of drug-likeness (QED) is 0.282. The number of nitrogens with zero attached hydrogens (tertiary/aromatic N) is 2. The van der Waals surface area contributed by atoms with Crippen molar-refractivity contribution < 1.29 is 56.2 Å². The zero-order valence-corrected chi connectivity index (χ0v) is 22.9. The first-order chi connectivity index (χ1) is 12.3. The van der Waals surface area contributed by atoms with Crippen molar-refractivity contribution in [2.45, 2.75) is 79.2 Å². The number of hydrogen-bond donors (Lipinski definition) is 1. The monoisotopic (exact) mass is 421 g/mol. The Labute approximate surface area is 215 Å². The molecule has 0 fully saturated rings. The second kappa shape index (κ2) is 17.5. The van der Waals surface area contributed by atoms with Crippen molar-refractivity contribution in [2.75, 3.05) is 14.1 Å². The standard InChI is InChI=1S/C21H40N3OS.K/c1-8-10-12-20(25)24(7)19(17(5)16(3)4)15-18(11-9-2)21(22)26-14-13-23-6;/h13-14,16-19,22H,8-12,15H2,1-7H3;/q-1;+1/b14-13+,22-21?;/t17?,18-,19?;/m1./s1. The number of amides is 1. The summed E-state index contributed by atoms with van der Waals surface area (Å²) >= 11 is 1.45. The molecule has 1 N–H and O–H groups in total. The Kier molecular flexibility index (Phi) is 19.4. The van der Waals surface area contributed by atoms with Gasteiger partial charge in [-0.05, 0) is 36.5 Å². The zero-order chi connectivity index (χ0) is 20.1. The van der Waals surface area contributed by atoms with E-state index in [1.54, 1.807) is 13.2 Å². The van der Waals surface area contributed by atoms with E-state index in [0.717, 1.165) is 32.1 Å². The van der Waals surface area contributed by atoms with E-state index in [1.165, 1.54) is 11.8 Å². The molecular weight excluding hydrogens is 381 g/mol. The molecule has 0 spiro atoms. The molecule has 27 heavy (non-hydrogen) atoms. The predicted octanol–water partition coefficient (Wildman–Crippen LogP) is 3.29. The summed E-state index contributed by atoms with van der Waals surface area (Å²) in [4.78, 5) is 14.6. The number of hydrogen-bond acceptors (Lipinski definition) is 3. The third-order valence-corrected chi connectivity index (χ3v) is 6.08. The van der Waals surface area contributed by atoms with Crippen molar-refractivity contribution in [1.82, 2.24) is 4.90 Å². The number of nitrogens with one attached hydrogen (secondary N) is 1. The molecule has 0 bridgehead atoms. The molecule has 0 aromatic carbocycles. The Hall–Kier alpha value is 0.666. The van der Waals surface area contributed by atoms with Gasteiger partial charge in [0, 0.05) is 25.4 Å². The van der Waals surface area contributed by atoms with Crippen LogP contribution in [0.4, 0.5) is 0 Å². The molecule has 3 atom stereocenters. The van der Waals surface area contributed by atoms with E-state index in [0.29, 0.717) is 23.3 Å². The van der Waals surface area contributed by atoms with Crippen LogP contribution < -0.4 is 51.4 Å². The maximum Gasteiger partial charge on any atom is 1.00 e. The van der Waals surface area contributed by atoms with Crippen LogP contribution >= 0.6 is 11.8 Å². The van der Waals surface area contributed by atoms with E-state index < -0.39 is 0 Å². The summed E-state index contributed by atoms with van der Waals surface area (Å²) in [5, 5.41) is 15.0. The molecule has 1 amide bonds. The largest absolute Gasteiger partial charge is 1.00 e. The molecule has 0 heterocycles. The molecule has 0 rings (SSSR count). The Bertz CT molecular complexity index is 443. The molecule has 4 nitrogen and oxygen atoms in total. The molecule has 0 aliphatic rings. The van der Waals surface area contributed by atoms with E-state index in [4.69, 9.17) is 5.41 Å². The summed E-state index contributed by atoms with van der Waals surface area (Å²) in [5.74, 6) is 1.34. The normalized spacial score (nSPS) is 14.5. The first-order valence-electron chi connectivity index (χ1n) is 10.0. The molecule has 0 aliphatic heterocycles. The Morgan fingerprint density at radius 2 is 1.85 bits per heavy atom. The van der Waals surface area contributed by atoms with Crippen LogP contribution in [-0.4, -0.2) is 36.0 Å². The van der Waals surface area contributed by atoms with Crippen LogP contribution in [0.5, 0.6) is 0 Å². The summed E-state index contributed by atoms with van der Waals surface area (Å²) in [5.41, 5.74) is 0. The van der Waals surface area contributed by atoms with E-state index in [-0.39, 0.29) is 69.3 Å². The number of unbranched alkanes of at least 4 members (excludes halogenated alkanes) is 1. The second-order valence-electron chi connectivity index (χ2n) is 7.53. The first-order valence-corrected chi connectivity index (χ1v) is 10.9. The number of rotatable bonds is 13. The maximum absolute atomic E-state index is 12.6. The fraction of sp³-hybridized carbons (Fsp3) is 0.810. The SMILES string of the molecule is CCCCC(=O)N(C)C(C[C@@H](CCC)C(=N)S/C=C/[N-]C)C(C)C(C)C.[K+]. The molecule has 2 unspecified atom stereocenters. The van der Waals surface area contributed by atoms with Gasteiger partial charge in [0.2, 0.25) is 5.91 Å². The van der Waals surface area contributed by atoms with Crippen LogP contribution in [0.2, 0.25) is 0 Å². The number of carbonyl (C=O) groups is 1. The Balaban J connectivity index is 0. The summed E-state index contributed by atoms with van der Waals surface area (Å²) in [7, 11) is 3.69. The number of thioether (sulfide) groups is 1. The van der Waals surface area contributed by atoms with Crippen molar-refractivity contribution in [3.8, 4) is 0 Å². The molecule has 0 aromatic rings. The third-order valence-electron chi connectivity index (χ3n) is 5.23. The smallest absolute Gasteiger partial charge is 0.693 e. The summed E-state index contributed by atoms with van der Waals surface area (Å²) in [6.45, 7) is 11.0. The van der Waals surface area contributed by atoms with Gasteiger partial charge in [0.05, 0.1) is 5.04 Å². The van der Waals surface area contributed by atoms with Crippen LogP contribution in [0.3, 0.4) is 0 Å². The van der Waals surface area contributed by atoms with E-state index in [2.05, 4.69) is 39.9 Å². The summed E-state index contributed by atoms with van der Waals surface area (Å²) < 4.78 is 0. The van der Waals surface area contributed by atoms with Crippen LogP contribution in [-0.2, 0) is 4.79 Å². The van der Waals surface area contributed by atoms with Crippen molar-refractivity contribution in [3.63, 3.8) is 0 Å². The van der Waals surface area contributed by atoms with Gasteiger partial charge in [-0.2, -0.15) is 6.20 Å². The van der Waals surface area contributed by atoms with Gasteiger partial charge in [-0.25, -0.2) is 0 Å². The van der Waals surface area contributed by atoms with Crippen molar-refractivity contribution >= 4 is 22.7 Å². The van der Waals surface area contributed by atoms with Crippen LogP contribution in [0.1, 0.15) is 73.1 Å². The molecule has 0 saturated heterocycles. The molecule has 152 valence electrons. The van der Waals surface area contributed by atoms with Crippen LogP contribution in [0.25, 0.3) is 5.32 Å². The van der Waals surface area contributed by atoms with Gasteiger partial charge in [0.15, 0.2) is 0 Å². The average molecular weight is 422 g/mol. The van der Waals surface area contributed by atoms with Crippen molar-refractivity contribution in [1.29, 1.82) is 5.41 Å². The van der Waals surface area contributed by atoms with Gasteiger partial charge < -0.3 is 10.2 Å².